The van der Waals surface area contributed by atoms with Crippen LogP contribution in [0.25, 0.3) is 0 Å². The Hall–Kier alpha value is -1.20. The molecule has 3 aliphatic rings. The van der Waals surface area contributed by atoms with Gasteiger partial charge in [-0.2, -0.15) is 4.31 Å². The van der Waals surface area contributed by atoms with Crippen LogP contribution >= 0.6 is 0 Å². The Morgan fingerprint density at radius 2 is 1.90 bits per heavy atom. The van der Waals surface area contributed by atoms with Crippen molar-refractivity contribution in [1.82, 2.24) is 4.31 Å². The second-order valence-corrected chi connectivity index (χ2v) is 8.42. The van der Waals surface area contributed by atoms with Crippen molar-refractivity contribution < 1.29 is 13.2 Å². The van der Waals surface area contributed by atoms with Gasteiger partial charge in [0, 0.05) is 13.1 Å². The fourth-order valence-electron chi connectivity index (χ4n) is 4.18. The highest BCUT2D eigenvalue weighted by Crippen LogP contribution is 2.84. The van der Waals surface area contributed by atoms with E-state index in [9.17, 15) is 13.2 Å². The smallest absolute Gasteiger partial charge is 0.243 e. The van der Waals surface area contributed by atoms with Gasteiger partial charge in [-0.3, -0.25) is 0 Å². The molecule has 2 saturated carbocycles. The number of hydrogen-bond donors (Lipinski definition) is 0. The number of carbonyl (C=O) groups excluding carboxylic acids is 1. The zero-order valence-corrected chi connectivity index (χ0v) is 12.2. The van der Waals surface area contributed by atoms with E-state index in [4.69, 9.17) is 0 Å². The second kappa shape index (κ2) is 3.52. The molecule has 2 atom stereocenters. The molecule has 0 bridgehead atoms. The monoisotopic (exact) mass is 291 g/mol. The molecular formula is C15H17NO3S. The first-order valence-electron chi connectivity index (χ1n) is 6.99. The summed E-state index contributed by atoms with van der Waals surface area (Å²) in [6.07, 6.45) is 3.21. The second-order valence-electron chi connectivity index (χ2n) is 6.48. The van der Waals surface area contributed by atoms with E-state index in [1.807, 2.05) is 19.1 Å². The average Bonchev–Trinajstić information content (AvgIpc) is 3.27. The Kier molecular flexibility index (Phi) is 2.20. The highest BCUT2D eigenvalue weighted by molar-refractivity contribution is 7.89. The van der Waals surface area contributed by atoms with Crippen LogP contribution in [0, 0.1) is 23.7 Å². The number of carbonyl (C=O) groups is 1. The minimum absolute atomic E-state index is 0.175. The molecule has 1 saturated heterocycles. The van der Waals surface area contributed by atoms with Crippen molar-refractivity contribution in [1.29, 1.82) is 0 Å². The maximum Gasteiger partial charge on any atom is 0.243 e. The van der Waals surface area contributed by atoms with Gasteiger partial charge in [0.05, 0.1) is 10.3 Å². The van der Waals surface area contributed by atoms with E-state index in [2.05, 4.69) is 0 Å². The molecule has 3 fully saturated rings. The molecule has 5 heteroatoms. The molecule has 0 amide bonds. The number of sulfonamides is 1. The highest BCUT2D eigenvalue weighted by atomic mass is 32.2. The van der Waals surface area contributed by atoms with Gasteiger partial charge in [-0.25, -0.2) is 8.42 Å². The van der Waals surface area contributed by atoms with E-state index in [0.29, 0.717) is 18.0 Å². The summed E-state index contributed by atoms with van der Waals surface area (Å²) in [5.74, 6) is 0.257. The molecule has 0 radical (unpaired) electrons. The Morgan fingerprint density at radius 3 is 2.40 bits per heavy atom. The average molecular weight is 291 g/mol. The number of benzene rings is 1. The normalized spacial score (nSPS) is 34.0. The Morgan fingerprint density at radius 1 is 1.25 bits per heavy atom. The lowest BCUT2D eigenvalue weighted by Crippen LogP contribution is -2.34. The lowest BCUT2D eigenvalue weighted by Gasteiger charge is -2.21. The minimum atomic E-state index is -3.45. The predicted molar refractivity (Wildman–Crippen MR) is 73.6 cm³/mol. The van der Waals surface area contributed by atoms with Crippen LogP contribution in [0.2, 0.25) is 0 Å². The van der Waals surface area contributed by atoms with Crippen molar-refractivity contribution in [3.63, 3.8) is 0 Å². The van der Waals surface area contributed by atoms with Crippen LogP contribution in [0.15, 0.2) is 29.2 Å². The van der Waals surface area contributed by atoms with E-state index in [1.165, 1.54) is 4.31 Å². The third-order valence-electron chi connectivity index (χ3n) is 5.61. The fraction of sp³-hybridized carbons (Fsp3) is 0.533. The summed E-state index contributed by atoms with van der Waals surface area (Å²) in [7, 11) is -3.45. The van der Waals surface area contributed by atoms with Gasteiger partial charge in [0.1, 0.15) is 6.29 Å². The quantitative estimate of drug-likeness (QED) is 0.795. The number of hydrogen-bond acceptors (Lipinski definition) is 3. The summed E-state index contributed by atoms with van der Waals surface area (Å²) in [4.78, 5) is 11.8. The minimum Gasteiger partial charge on any atom is -0.303 e. The Bertz CT molecular complexity index is 690. The molecule has 0 aromatic heterocycles. The van der Waals surface area contributed by atoms with E-state index >= 15 is 0 Å². The molecule has 1 aromatic rings. The largest absolute Gasteiger partial charge is 0.303 e. The lowest BCUT2D eigenvalue weighted by molar-refractivity contribution is -0.112. The van der Waals surface area contributed by atoms with Crippen LogP contribution in [0.4, 0.5) is 0 Å². The molecule has 106 valence electrons. The number of piperidine rings is 1. The zero-order valence-electron chi connectivity index (χ0n) is 11.4. The van der Waals surface area contributed by atoms with Crippen molar-refractivity contribution in [3.8, 4) is 0 Å². The standard InChI is InChI=1S/C15H17NO3S/c1-11-2-4-12(5-3-11)20(18,19)16-8-13-14(6-7-14)15(13,9-16)10-17/h2-5,10,13H,6-9H2,1H3/t13-,15+/m0/s1. The van der Waals surface area contributed by atoms with Gasteiger partial charge >= 0.3 is 0 Å². The van der Waals surface area contributed by atoms with Gasteiger partial charge < -0.3 is 4.79 Å². The zero-order chi connectivity index (χ0) is 14.2. The maximum atomic E-state index is 12.6. The lowest BCUT2D eigenvalue weighted by atomic mass is 10.1. The highest BCUT2D eigenvalue weighted by Gasteiger charge is 2.85. The van der Waals surface area contributed by atoms with Crippen LogP contribution in [0.5, 0.6) is 0 Å². The number of aldehydes is 1. The van der Waals surface area contributed by atoms with E-state index in [-0.39, 0.29) is 16.7 Å². The van der Waals surface area contributed by atoms with Crippen molar-refractivity contribution in [2.45, 2.75) is 24.7 Å². The number of rotatable bonds is 3. The number of fused-ring (bicyclic) bond motifs is 3. The Labute approximate surface area is 118 Å². The number of nitrogens with zero attached hydrogens (tertiary/aromatic N) is 1. The molecule has 2 aliphatic carbocycles. The van der Waals surface area contributed by atoms with E-state index in [0.717, 1.165) is 24.7 Å². The molecular weight excluding hydrogens is 274 g/mol. The first-order valence-corrected chi connectivity index (χ1v) is 8.43. The van der Waals surface area contributed by atoms with Gasteiger partial charge in [0.15, 0.2) is 0 Å². The Balaban J connectivity index is 1.64. The first kappa shape index (κ1) is 12.5. The van der Waals surface area contributed by atoms with Gasteiger partial charge in [-0.05, 0) is 43.2 Å². The maximum absolute atomic E-state index is 12.6. The predicted octanol–water partition coefficient (Wildman–Crippen LogP) is 1.59. The van der Waals surface area contributed by atoms with Crippen molar-refractivity contribution >= 4 is 16.3 Å². The molecule has 1 aromatic carbocycles. The summed E-state index contributed by atoms with van der Waals surface area (Å²) in [6.45, 7) is 2.81. The van der Waals surface area contributed by atoms with Crippen molar-refractivity contribution in [3.05, 3.63) is 29.8 Å². The first-order chi connectivity index (χ1) is 9.46. The summed E-state index contributed by atoms with van der Waals surface area (Å²) >= 11 is 0. The van der Waals surface area contributed by atoms with Gasteiger partial charge in [0.25, 0.3) is 0 Å². The van der Waals surface area contributed by atoms with E-state index < -0.39 is 10.0 Å². The summed E-state index contributed by atoms with van der Waals surface area (Å²) in [6, 6.07) is 6.91. The van der Waals surface area contributed by atoms with Crippen LogP contribution in [-0.4, -0.2) is 32.1 Å². The van der Waals surface area contributed by atoms with Crippen LogP contribution in [0.3, 0.4) is 0 Å². The molecule has 20 heavy (non-hydrogen) atoms. The van der Waals surface area contributed by atoms with Gasteiger partial charge in [-0.1, -0.05) is 17.7 Å². The van der Waals surface area contributed by atoms with Crippen LogP contribution < -0.4 is 0 Å². The third kappa shape index (κ3) is 1.30. The van der Waals surface area contributed by atoms with Crippen molar-refractivity contribution in [2.75, 3.05) is 13.1 Å². The molecule has 0 N–H and O–H groups in total. The SMILES string of the molecule is Cc1ccc(S(=O)(=O)N2C[C@H]3C4(CC4)[C@@]3(C=O)C2)cc1. The summed E-state index contributed by atoms with van der Waals surface area (Å²) < 4.78 is 26.7. The van der Waals surface area contributed by atoms with E-state index in [1.54, 1.807) is 12.1 Å². The molecule has 1 aliphatic heterocycles. The van der Waals surface area contributed by atoms with Crippen molar-refractivity contribution in [2.24, 2.45) is 16.7 Å². The molecule has 1 spiro atoms. The summed E-state index contributed by atoms with van der Waals surface area (Å²) in [5.41, 5.74) is 0.841. The molecule has 4 nitrogen and oxygen atoms in total. The van der Waals surface area contributed by atoms with Gasteiger partial charge in [0.2, 0.25) is 10.0 Å². The molecule has 0 unspecified atom stereocenters. The van der Waals surface area contributed by atoms with Gasteiger partial charge in [-0.15, -0.1) is 0 Å². The van der Waals surface area contributed by atoms with Crippen LogP contribution in [-0.2, 0) is 14.8 Å². The number of aryl methyl sites for hydroxylation is 1. The molecule has 4 rings (SSSR count). The molecule has 1 heterocycles. The third-order valence-corrected chi connectivity index (χ3v) is 7.44. The van der Waals surface area contributed by atoms with Crippen LogP contribution in [0.1, 0.15) is 18.4 Å². The topological polar surface area (TPSA) is 54.5 Å². The fourth-order valence-corrected chi connectivity index (χ4v) is 5.69. The summed E-state index contributed by atoms with van der Waals surface area (Å²) in [5, 5.41) is 0.